The van der Waals surface area contributed by atoms with E-state index in [0.29, 0.717) is 6.42 Å². The molecule has 0 aromatic carbocycles. The molecule has 9 nitrogen and oxygen atoms in total. The Morgan fingerprint density at radius 2 is 0.945 bits per heavy atom. The third-order valence-corrected chi connectivity index (χ3v) is 10.2. The summed E-state index contributed by atoms with van der Waals surface area (Å²) in [7, 11) is -4.38. The molecule has 0 heterocycles. The van der Waals surface area contributed by atoms with E-state index in [1.807, 2.05) is 0 Å². The third kappa shape index (κ3) is 41.4. The van der Waals surface area contributed by atoms with Crippen molar-refractivity contribution in [2.24, 2.45) is 5.73 Å². The van der Waals surface area contributed by atoms with Crippen LogP contribution in [0.1, 0.15) is 194 Å². The summed E-state index contributed by atoms with van der Waals surface area (Å²) in [5, 5.41) is 0. The molecule has 3 N–H and O–H groups in total. The van der Waals surface area contributed by atoms with Crippen molar-refractivity contribution in [1.29, 1.82) is 0 Å². The average molecular weight is 796 g/mol. The largest absolute Gasteiger partial charge is 0.472 e. The minimum Gasteiger partial charge on any atom is -0.462 e. The van der Waals surface area contributed by atoms with Gasteiger partial charge in [0.1, 0.15) is 6.61 Å². The van der Waals surface area contributed by atoms with E-state index in [0.717, 1.165) is 77.0 Å². The molecule has 0 amide bonds. The summed E-state index contributed by atoms with van der Waals surface area (Å²) in [6, 6.07) is 0. The maximum Gasteiger partial charge on any atom is 0.472 e. The van der Waals surface area contributed by atoms with Crippen molar-refractivity contribution in [2.45, 2.75) is 200 Å². The SMILES string of the molecule is CCCCC/C=C/C/C=C/CCCCCCCCCCCC(=O)OC[C@H](COP(=O)(O)OCCN)OC(=O)CCCCCCC/C=C/C/C=C/CCCCC. The summed E-state index contributed by atoms with van der Waals surface area (Å²) in [5.74, 6) is -0.849. The molecule has 10 heteroatoms. The molecule has 0 saturated heterocycles. The van der Waals surface area contributed by atoms with Crippen LogP contribution in [-0.4, -0.2) is 49.3 Å². The van der Waals surface area contributed by atoms with Crippen molar-refractivity contribution in [1.82, 2.24) is 0 Å². The molecule has 0 aromatic heterocycles. The first-order chi connectivity index (χ1) is 26.8. The van der Waals surface area contributed by atoms with Gasteiger partial charge in [-0.25, -0.2) is 4.57 Å². The lowest BCUT2D eigenvalue weighted by Crippen LogP contribution is -2.29. The summed E-state index contributed by atoms with van der Waals surface area (Å²) < 4.78 is 32.8. The second-order valence-electron chi connectivity index (χ2n) is 14.6. The van der Waals surface area contributed by atoms with Gasteiger partial charge in [0.25, 0.3) is 0 Å². The van der Waals surface area contributed by atoms with Crippen LogP contribution in [-0.2, 0) is 32.7 Å². The van der Waals surface area contributed by atoms with Crippen molar-refractivity contribution in [3.63, 3.8) is 0 Å². The maximum atomic E-state index is 12.6. The van der Waals surface area contributed by atoms with Crippen LogP contribution < -0.4 is 5.73 Å². The molecule has 0 saturated carbocycles. The van der Waals surface area contributed by atoms with Crippen molar-refractivity contribution >= 4 is 19.8 Å². The van der Waals surface area contributed by atoms with Gasteiger partial charge >= 0.3 is 19.8 Å². The van der Waals surface area contributed by atoms with Gasteiger partial charge in [0.2, 0.25) is 0 Å². The highest BCUT2D eigenvalue weighted by atomic mass is 31.2. The molecule has 0 bridgehead atoms. The molecule has 0 spiro atoms. The fourth-order valence-corrected chi connectivity index (χ4v) is 6.64. The third-order valence-electron chi connectivity index (χ3n) is 9.19. The number of carbonyl (C=O) groups is 2. The molecule has 1 unspecified atom stereocenters. The van der Waals surface area contributed by atoms with Gasteiger partial charge in [0.05, 0.1) is 13.2 Å². The van der Waals surface area contributed by atoms with Crippen molar-refractivity contribution in [2.75, 3.05) is 26.4 Å². The van der Waals surface area contributed by atoms with Crippen LogP contribution in [0.3, 0.4) is 0 Å². The zero-order valence-corrected chi connectivity index (χ0v) is 36.0. The van der Waals surface area contributed by atoms with Crippen LogP contribution >= 0.6 is 7.82 Å². The van der Waals surface area contributed by atoms with Gasteiger partial charge in [-0.05, 0) is 77.0 Å². The van der Waals surface area contributed by atoms with Gasteiger partial charge in [-0.1, -0.05) is 152 Å². The number of allylic oxidation sites excluding steroid dienone is 8. The smallest absolute Gasteiger partial charge is 0.462 e. The fourth-order valence-electron chi connectivity index (χ4n) is 5.87. The minimum absolute atomic E-state index is 0.0490. The van der Waals surface area contributed by atoms with Gasteiger partial charge in [0, 0.05) is 19.4 Å². The van der Waals surface area contributed by atoms with E-state index in [1.54, 1.807) is 0 Å². The lowest BCUT2D eigenvalue weighted by molar-refractivity contribution is -0.161. The molecule has 0 aliphatic carbocycles. The molecule has 0 rings (SSSR count). The molecule has 55 heavy (non-hydrogen) atoms. The Morgan fingerprint density at radius 1 is 0.545 bits per heavy atom. The fraction of sp³-hybridized carbons (Fsp3) is 0.778. The predicted octanol–water partition coefficient (Wildman–Crippen LogP) is 12.7. The lowest BCUT2D eigenvalue weighted by Gasteiger charge is -2.19. The van der Waals surface area contributed by atoms with E-state index < -0.39 is 32.5 Å². The first kappa shape index (κ1) is 53.0. The van der Waals surface area contributed by atoms with Gasteiger partial charge in [-0.3, -0.25) is 18.6 Å². The number of nitrogens with two attached hydrogens (primary N) is 1. The summed E-state index contributed by atoms with van der Waals surface area (Å²) in [5.41, 5.74) is 5.35. The highest BCUT2D eigenvalue weighted by Crippen LogP contribution is 2.43. The number of hydrogen-bond donors (Lipinski definition) is 2. The van der Waals surface area contributed by atoms with Crippen LogP contribution in [0, 0.1) is 0 Å². The number of esters is 2. The Kier molecular flexibility index (Phi) is 40.1. The van der Waals surface area contributed by atoms with Gasteiger partial charge in [-0.15, -0.1) is 0 Å². The van der Waals surface area contributed by atoms with Crippen LogP contribution in [0.4, 0.5) is 0 Å². The van der Waals surface area contributed by atoms with Gasteiger partial charge in [-0.2, -0.15) is 0 Å². The predicted molar refractivity (Wildman–Crippen MR) is 229 cm³/mol. The molecular formula is C45H82NO8P. The normalized spacial score (nSPS) is 13.7. The highest BCUT2D eigenvalue weighted by Gasteiger charge is 2.26. The first-order valence-corrected chi connectivity index (χ1v) is 23.6. The number of rotatable bonds is 41. The maximum absolute atomic E-state index is 12.6. The Morgan fingerprint density at radius 3 is 1.38 bits per heavy atom. The molecule has 0 aromatic rings. The Labute approximate surface area is 336 Å². The Bertz CT molecular complexity index is 1040. The van der Waals surface area contributed by atoms with Crippen LogP contribution in [0.15, 0.2) is 48.6 Å². The zero-order valence-electron chi connectivity index (χ0n) is 35.2. The molecule has 0 fully saturated rings. The van der Waals surface area contributed by atoms with Crippen molar-refractivity contribution in [3.05, 3.63) is 48.6 Å². The first-order valence-electron chi connectivity index (χ1n) is 22.1. The Hall–Kier alpha value is -2.03. The van der Waals surface area contributed by atoms with Crippen molar-refractivity contribution < 1.29 is 37.6 Å². The number of unbranched alkanes of at least 4 members (excludes halogenated alkanes) is 20. The highest BCUT2D eigenvalue weighted by molar-refractivity contribution is 7.47. The van der Waals surface area contributed by atoms with Gasteiger partial charge in [0.15, 0.2) is 6.10 Å². The second-order valence-corrected chi connectivity index (χ2v) is 16.0. The quantitative estimate of drug-likeness (QED) is 0.0268. The topological polar surface area (TPSA) is 134 Å². The van der Waals surface area contributed by atoms with E-state index >= 15 is 0 Å². The van der Waals surface area contributed by atoms with E-state index in [-0.39, 0.29) is 32.6 Å². The van der Waals surface area contributed by atoms with E-state index in [4.69, 9.17) is 24.3 Å². The van der Waals surface area contributed by atoms with Crippen LogP contribution in [0.5, 0.6) is 0 Å². The number of phosphoric ester groups is 1. The number of carbonyl (C=O) groups excluding carboxylic acids is 2. The number of phosphoric acid groups is 1. The molecule has 0 aliphatic rings. The monoisotopic (exact) mass is 796 g/mol. The number of hydrogen-bond acceptors (Lipinski definition) is 8. The Balaban J connectivity index is 4.15. The van der Waals surface area contributed by atoms with E-state index in [2.05, 4.69) is 62.5 Å². The molecule has 320 valence electrons. The molecule has 0 aliphatic heterocycles. The van der Waals surface area contributed by atoms with E-state index in [9.17, 15) is 19.0 Å². The lowest BCUT2D eigenvalue weighted by atomic mass is 10.1. The standard InChI is InChI=1S/C45H82NO8P/c1-3-5-7-9-11-13-15-17-19-20-21-22-24-25-27-29-31-33-35-37-44(47)51-41-43(42-53-55(49,50)52-40-39-46)54-45(48)38-36-34-32-30-28-26-23-18-16-14-12-10-8-6-4-2/h11-14,17-19,23,43H,3-10,15-16,20-22,24-42,46H2,1-2H3,(H,49,50)/b13-11+,14-12+,19-17+,23-18+/t43-/m1/s1. The summed E-state index contributed by atoms with van der Waals surface area (Å²) in [6.07, 6.45) is 47.0. The average Bonchev–Trinajstić information content (AvgIpc) is 3.17. The second kappa shape index (κ2) is 41.6. The molecular weight excluding hydrogens is 713 g/mol. The van der Waals surface area contributed by atoms with E-state index in [1.165, 1.54) is 83.5 Å². The van der Waals surface area contributed by atoms with Crippen molar-refractivity contribution in [3.8, 4) is 0 Å². The zero-order chi connectivity index (χ0) is 40.3. The number of ether oxygens (including phenoxy) is 2. The molecule has 0 radical (unpaired) electrons. The summed E-state index contributed by atoms with van der Waals surface area (Å²) >= 11 is 0. The molecule has 2 atom stereocenters. The minimum atomic E-state index is -4.38. The van der Waals surface area contributed by atoms with Crippen LogP contribution in [0.2, 0.25) is 0 Å². The van der Waals surface area contributed by atoms with Crippen LogP contribution in [0.25, 0.3) is 0 Å². The summed E-state index contributed by atoms with van der Waals surface area (Å²) in [4.78, 5) is 34.9. The summed E-state index contributed by atoms with van der Waals surface area (Å²) in [6.45, 7) is 3.66. The van der Waals surface area contributed by atoms with Gasteiger partial charge < -0.3 is 20.1 Å².